The fourth-order valence-electron chi connectivity index (χ4n) is 5.17. The summed E-state index contributed by atoms with van der Waals surface area (Å²) in [6.45, 7) is 2.17. The number of rotatable bonds is 11. The minimum atomic E-state index is -3.62. The molecular weight excluding hydrogens is 518 g/mol. The molecule has 5 rings (SSSR count). The molecule has 0 aliphatic carbocycles. The smallest absolute Gasteiger partial charge is 0.243 e. The number of piperidine rings is 1. The molecular formula is C29H35N3O6S. The summed E-state index contributed by atoms with van der Waals surface area (Å²) >= 11 is 0. The van der Waals surface area contributed by atoms with E-state index >= 15 is 0 Å². The Kier molecular flexibility index (Phi) is 8.27. The SMILES string of the molecule is COc1ccc(S(=O)(=O)N2CCC(CNC[C@H](O)COc3cccc4[nH]c5ccccc5c34)CC2)cc1OC. The molecule has 1 fully saturated rings. The summed E-state index contributed by atoms with van der Waals surface area (Å²) < 4.78 is 44.3. The van der Waals surface area contributed by atoms with Gasteiger partial charge in [-0.05, 0) is 55.6 Å². The van der Waals surface area contributed by atoms with Crippen molar-refractivity contribution in [2.75, 3.05) is 47.0 Å². The van der Waals surface area contributed by atoms with Crippen LogP contribution in [0.2, 0.25) is 0 Å². The average molecular weight is 554 g/mol. The van der Waals surface area contributed by atoms with Gasteiger partial charge in [-0.1, -0.05) is 24.3 Å². The first kappa shape index (κ1) is 27.3. The van der Waals surface area contributed by atoms with Gasteiger partial charge >= 0.3 is 0 Å². The summed E-state index contributed by atoms with van der Waals surface area (Å²) in [7, 11) is -0.615. The van der Waals surface area contributed by atoms with Crippen LogP contribution in [-0.2, 0) is 10.0 Å². The molecule has 1 saturated heterocycles. The summed E-state index contributed by atoms with van der Waals surface area (Å²) in [5.41, 5.74) is 2.05. The Labute approximate surface area is 228 Å². The average Bonchev–Trinajstić information content (AvgIpc) is 3.35. The van der Waals surface area contributed by atoms with Crippen molar-refractivity contribution in [1.82, 2.24) is 14.6 Å². The molecule has 0 bridgehead atoms. The Bertz CT molecular complexity index is 1530. The van der Waals surface area contributed by atoms with Gasteiger partial charge in [-0.3, -0.25) is 0 Å². The van der Waals surface area contributed by atoms with E-state index in [1.165, 1.54) is 24.6 Å². The van der Waals surface area contributed by atoms with Gasteiger partial charge in [-0.2, -0.15) is 4.31 Å². The second-order valence-corrected chi connectivity index (χ2v) is 11.8. The van der Waals surface area contributed by atoms with E-state index in [4.69, 9.17) is 14.2 Å². The number of nitrogens with zero attached hydrogens (tertiary/aromatic N) is 1. The topological polar surface area (TPSA) is 113 Å². The standard InChI is InChI=1S/C29H35N3O6S/c1-36-26-11-10-22(16-28(26)37-2)39(34,35)32-14-12-20(13-15-32)17-30-18-21(33)19-38-27-9-5-8-25-29(27)23-6-3-4-7-24(23)31-25/h3-11,16,20-21,30-31,33H,12-15,17-19H2,1-2H3/t21-/m0/s1. The van der Waals surface area contributed by atoms with Gasteiger partial charge in [0, 0.05) is 42.0 Å². The van der Waals surface area contributed by atoms with E-state index in [0.717, 1.165) is 40.4 Å². The van der Waals surface area contributed by atoms with Crippen LogP contribution >= 0.6 is 0 Å². The van der Waals surface area contributed by atoms with Crippen molar-refractivity contribution in [2.24, 2.45) is 5.92 Å². The second-order valence-electron chi connectivity index (χ2n) is 9.84. The molecule has 3 aromatic carbocycles. The third-order valence-corrected chi connectivity index (χ3v) is 9.20. The van der Waals surface area contributed by atoms with Crippen LogP contribution in [0, 0.1) is 5.92 Å². The Morgan fingerprint density at radius 2 is 1.72 bits per heavy atom. The zero-order valence-electron chi connectivity index (χ0n) is 22.2. The first-order valence-corrected chi connectivity index (χ1v) is 14.6. The van der Waals surface area contributed by atoms with E-state index in [0.29, 0.717) is 43.6 Å². The molecule has 1 aliphatic heterocycles. The molecule has 0 spiro atoms. The lowest BCUT2D eigenvalue weighted by Gasteiger charge is -2.31. The van der Waals surface area contributed by atoms with Crippen molar-refractivity contribution in [1.29, 1.82) is 0 Å². The summed E-state index contributed by atoms with van der Waals surface area (Å²) in [5, 5.41) is 16.0. The molecule has 3 N–H and O–H groups in total. The number of ether oxygens (including phenoxy) is 3. The summed E-state index contributed by atoms with van der Waals surface area (Å²) in [4.78, 5) is 3.60. The predicted octanol–water partition coefficient (Wildman–Crippen LogP) is 3.77. The van der Waals surface area contributed by atoms with Gasteiger partial charge in [0.15, 0.2) is 11.5 Å². The number of benzene rings is 3. The van der Waals surface area contributed by atoms with Crippen LogP contribution in [0.1, 0.15) is 12.8 Å². The maximum atomic E-state index is 13.2. The number of para-hydroxylation sites is 1. The van der Waals surface area contributed by atoms with Crippen LogP contribution in [0.3, 0.4) is 0 Å². The number of aromatic amines is 1. The molecule has 2 heterocycles. The zero-order valence-corrected chi connectivity index (χ0v) is 23.0. The largest absolute Gasteiger partial charge is 0.493 e. The highest BCUT2D eigenvalue weighted by atomic mass is 32.2. The van der Waals surface area contributed by atoms with Crippen LogP contribution in [0.25, 0.3) is 21.8 Å². The molecule has 1 aliphatic rings. The first-order chi connectivity index (χ1) is 18.9. The van der Waals surface area contributed by atoms with E-state index in [-0.39, 0.29) is 11.5 Å². The minimum absolute atomic E-state index is 0.174. The van der Waals surface area contributed by atoms with Crippen molar-refractivity contribution in [2.45, 2.75) is 23.8 Å². The molecule has 4 aromatic rings. The van der Waals surface area contributed by atoms with E-state index in [1.807, 2.05) is 36.4 Å². The van der Waals surface area contributed by atoms with Crippen LogP contribution in [-0.4, -0.2) is 75.9 Å². The van der Waals surface area contributed by atoms with Gasteiger partial charge in [0.1, 0.15) is 18.5 Å². The van der Waals surface area contributed by atoms with Crippen molar-refractivity contribution in [3.05, 3.63) is 60.7 Å². The zero-order chi connectivity index (χ0) is 27.4. The lowest BCUT2D eigenvalue weighted by Crippen LogP contribution is -2.42. The quantitative estimate of drug-likeness (QED) is 0.259. The third-order valence-electron chi connectivity index (χ3n) is 7.30. The first-order valence-electron chi connectivity index (χ1n) is 13.1. The minimum Gasteiger partial charge on any atom is -0.493 e. The highest BCUT2D eigenvalue weighted by Gasteiger charge is 2.30. The summed E-state index contributed by atoms with van der Waals surface area (Å²) in [6.07, 6.45) is 0.819. The number of aromatic nitrogens is 1. The number of nitrogens with one attached hydrogen (secondary N) is 2. The fraction of sp³-hybridized carbons (Fsp3) is 0.379. The highest BCUT2D eigenvalue weighted by molar-refractivity contribution is 7.89. The maximum Gasteiger partial charge on any atom is 0.243 e. The normalized spacial score (nSPS) is 16.0. The fourth-order valence-corrected chi connectivity index (χ4v) is 6.65. The molecule has 0 radical (unpaired) electrons. The van der Waals surface area contributed by atoms with Gasteiger partial charge < -0.3 is 29.6 Å². The van der Waals surface area contributed by atoms with Crippen molar-refractivity contribution in [3.63, 3.8) is 0 Å². The monoisotopic (exact) mass is 553 g/mol. The van der Waals surface area contributed by atoms with Gasteiger partial charge in [0.25, 0.3) is 0 Å². The number of sulfonamides is 1. The van der Waals surface area contributed by atoms with E-state index in [9.17, 15) is 13.5 Å². The Morgan fingerprint density at radius 1 is 0.974 bits per heavy atom. The third kappa shape index (κ3) is 5.84. The predicted molar refractivity (Wildman–Crippen MR) is 151 cm³/mol. The number of hydrogen-bond donors (Lipinski definition) is 3. The molecule has 208 valence electrons. The van der Waals surface area contributed by atoms with Crippen molar-refractivity contribution < 1.29 is 27.7 Å². The summed E-state index contributed by atoms with van der Waals surface area (Å²) in [5.74, 6) is 1.95. The van der Waals surface area contributed by atoms with Crippen molar-refractivity contribution >= 4 is 31.8 Å². The number of hydrogen-bond acceptors (Lipinski definition) is 7. The van der Waals surface area contributed by atoms with Crippen LogP contribution in [0.5, 0.6) is 17.2 Å². The number of methoxy groups -OCH3 is 2. The Hall–Kier alpha value is -3.31. The molecule has 1 atom stereocenters. The second kappa shape index (κ2) is 11.8. The lowest BCUT2D eigenvalue weighted by molar-refractivity contribution is 0.105. The Balaban J connectivity index is 1.09. The van der Waals surface area contributed by atoms with E-state index < -0.39 is 16.1 Å². The molecule has 0 amide bonds. The molecule has 39 heavy (non-hydrogen) atoms. The number of H-pyrrole nitrogens is 1. The number of fused-ring (bicyclic) bond motifs is 3. The molecule has 0 saturated carbocycles. The van der Waals surface area contributed by atoms with Gasteiger partial charge in [-0.25, -0.2) is 8.42 Å². The highest BCUT2D eigenvalue weighted by Crippen LogP contribution is 2.33. The lowest BCUT2D eigenvalue weighted by atomic mass is 9.98. The molecule has 10 heteroatoms. The van der Waals surface area contributed by atoms with Crippen LogP contribution < -0.4 is 19.5 Å². The van der Waals surface area contributed by atoms with Crippen molar-refractivity contribution in [3.8, 4) is 17.2 Å². The van der Waals surface area contributed by atoms with Crippen LogP contribution in [0.4, 0.5) is 0 Å². The van der Waals surface area contributed by atoms with E-state index in [1.54, 1.807) is 12.1 Å². The van der Waals surface area contributed by atoms with Gasteiger partial charge in [-0.15, -0.1) is 0 Å². The number of aliphatic hydroxyl groups excluding tert-OH is 1. The Morgan fingerprint density at radius 3 is 2.49 bits per heavy atom. The molecule has 9 nitrogen and oxygen atoms in total. The maximum absolute atomic E-state index is 13.2. The van der Waals surface area contributed by atoms with Crippen LogP contribution in [0.15, 0.2) is 65.6 Å². The molecule has 0 unspecified atom stereocenters. The van der Waals surface area contributed by atoms with Gasteiger partial charge in [0.2, 0.25) is 10.0 Å². The summed E-state index contributed by atoms with van der Waals surface area (Å²) in [6, 6.07) is 18.6. The van der Waals surface area contributed by atoms with Gasteiger partial charge in [0.05, 0.1) is 24.6 Å². The number of aliphatic hydroxyl groups is 1. The molecule has 1 aromatic heterocycles. The van der Waals surface area contributed by atoms with E-state index in [2.05, 4.69) is 16.4 Å².